The molecule has 0 saturated carbocycles. The van der Waals surface area contributed by atoms with Crippen molar-refractivity contribution in [1.82, 2.24) is 0 Å². The minimum Gasteiger partial charge on any atom is -0.756 e. The number of carbonyl (C=O) groups is 2. The van der Waals surface area contributed by atoms with E-state index in [4.69, 9.17) is 18.5 Å². The molecule has 0 amide bonds. The first-order valence-corrected chi connectivity index (χ1v) is 41.3. The van der Waals surface area contributed by atoms with Crippen LogP contribution in [0.4, 0.5) is 0 Å². The first-order valence-electron chi connectivity index (χ1n) is 39.8. The number of carbonyl (C=O) groups excluding carboxylic acids is 2. The smallest absolute Gasteiger partial charge is 0.306 e. The normalized spacial score (nSPS) is 14.2. The molecule has 0 heterocycles. The number of phosphoric acid groups is 1. The number of quaternary nitrogens is 1. The lowest BCUT2D eigenvalue weighted by Gasteiger charge is -2.28. The maximum absolute atomic E-state index is 12.9. The van der Waals surface area contributed by atoms with Crippen molar-refractivity contribution >= 4 is 19.8 Å². The maximum atomic E-state index is 12.9. The fourth-order valence-corrected chi connectivity index (χ4v) is 11.0. The fourth-order valence-electron chi connectivity index (χ4n) is 10.3. The van der Waals surface area contributed by atoms with E-state index in [0.717, 1.165) is 161 Å². The molecular weight excluding hydrogens is 1250 g/mol. The number of phosphoric ester groups is 1. The third-order valence-corrected chi connectivity index (χ3v) is 17.3. The summed E-state index contributed by atoms with van der Waals surface area (Å²) in [5.74, 6) is -0.846. The summed E-state index contributed by atoms with van der Waals surface area (Å²) < 4.78 is 34.4. The molecule has 0 rings (SSSR count). The zero-order valence-corrected chi connectivity index (χ0v) is 65.2. The van der Waals surface area contributed by atoms with Crippen molar-refractivity contribution in [3.63, 3.8) is 0 Å². The summed E-state index contributed by atoms with van der Waals surface area (Å²) in [7, 11) is 1.14. The number of nitrogens with zero attached hydrogens (tertiary/aromatic N) is 1. The van der Waals surface area contributed by atoms with Crippen LogP contribution in [0.2, 0.25) is 0 Å². The molecule has 2 atom stereocenters. The Labute approximate surface area is 615 Å². The van der Waals surface area contributed by atoms with E-state index in [0.29, 0.717) is 17.4 Å². The zero-order valence-electron chi connectivity index (χ0n) is 64.3. The Morgan fingerprint density at radius 1 is 0.310 bits per heavy atom. The molecular formula is C90H146NO8P. The molecule has 0 aliphatic carbocycles. The van der Waals surface area contributed by atoms with E-state index in [2.05, 4.69) is 220 Å². The van der Waals surface area contributed by atoms with Gasteiger partial charge in [-0.2, -0.15) is 0 Å². The highest BCUT2D eigenvalue weighted by Crippen LogP contribution is 2.38. The highest BCUT2D eigenvalue weighted by Gasteiger charge is 2.22. The number of likely N-dealkylation sites (N-methyl/N-ethyl adjacent to an activating group) is 1. The van der Waals surface area contributed by atoms with Crippen molar-refractivity contribution in [2.24, 2.45) is 0 Å². The van der Waals surface area contributed by atoms with Crippen molar-refractivity contribution in [2.45, 2.75) is 302 Å². The molecule has 564 valence electrons. The van der Waals surface area contributed by atoms with Crippen LogP contribution in [0, 0.1) is 0 Å². The van der Waals surface area contributed by atoms with Gasteiger partial charge in [-0.25, -0.2) is 0 Å². The summed E-state index contributed by atoms with van der Waals surface area (Å²) >= 11 is 0. The van der Waals surface area contributed by atoms with Crippen LogP contribution in [0.1, 0.15) is 296 Å². The molecule has 0 aromatic heterocycles. The molecule has 0 aliphatic rings. The Balaban J connectivity index is 4.07. The predicted molar refractivity (Wildman–Crippen MR) is 433 cm³/mol. The molecule has 0 bridgehead atoms. The molecule has 0 saturated heterocycles. The van der Waals surface area contributed by atoms with E-state index in [1.807, 2.05) is 21.1 Å². The van der Waals surface area contributed by atoms with Crippen LogP contribution in [-0.4, -0.2) is 70.0 Å². The van der Waals surface area contributed by atoms with Crippen molar-refractivity contribution in [3.05, 3.63) is 207 Å². The van der Waals surface area contributed by atoms with Gasteiger partial charge in [-0.05, 0) is 148 Å². The number of rotatable bonds is 71. The van der Waals surface area contributed by atoms with E-state index in [1.165, 1.54) is 103 Å². The first kappa shape index (κ1) is 94.6. The average Bonchev–Trinajstić information content (AvgIpc) is 1.07. The van der Waals surface area contributed by atoms with Crippen molar-refractivity contribution < 1.29 is 42.1 Å². The van der Waals surface area contributed by atoms with Gasteiger partial charge >= 0.3 is 11.9 Å². The molecule has 0 aromatic rings. The van der Waals surface area contributed by atoms with Crippen LogP contribution in [-0.2, 0) is 32.7 Å². The second-order valence-corrected chi connectivity index (χ2v) is 28.4. The lowest BCUT2D eigenvalue weighted by Crippen LogP contribution is -2.37. The quantitative estimate of drug-likeness (QED) is 0.0195. The Morgan fingerprint density at radius 3 is 0.800 bits per heavy atom. The molecule has 0 spiro atoms. The van der Waals surface area contributed by atoms with Crippen molar-refractivity contribution in [3.8, 4) is 0 Å². The number of hydrogen-bond acceptors (Lipinski definition) is 8. The van der Waals surface area contributed by atoms with Crippen LogP contribution in [0.25, 0.3) is 0 Å². The van der Waals surface area contributed by atoms with Gasteiger partial charge in [0.2, 0.25) is 0 Å². The van der Waals surface area contributed by atoms with Crippen molar-refractivity contribution in [2.75, 3.05) is 47.5 Å². The molecule has 0 N–H and O–H groups in total. The van der Waals surface area contributed by atoms with Crippen LogP contribution < -0.4 is 4.89 Å². The van der Waals surface area contributed by atoms with Gasteiger partial charge in [-0.3, -0.25) is 14.2 Å². The summed E-state index contributed by atoms with van der Waals surface area (Å²) in [6.45, 7) is 4.00. The fraction of sp³-hybridized carbons (Fsp3) is 0.600. The Bertz CT molecular complexity index is 2450. The van der Waals surface area contributed by atoms with Crippen LogP contribution in [0.15, 0.2) is 207 Å². The number of ether oxygens (including phenoxy) is 2. The lowest BCUT2D eigenvalue weighted by molar-refractivity contribution is -0.870. The minimum atomic E-state index is -4.66. The van der Waals surface area contributed by atoms with Gasteiger partial charge in [0.05, 0.1) is 27.7 Å². The summed E-state index contributed by atoms with van der Waals surface area (Å²) in [6, 6.07) is 0. The van der Waals surface area contributed by atoms with E-state index in [1.54, 1.807) is 0 Å². The average molecular weight is 1400 g/mol. The van der Waals surface area contributed by atoms with Gasteiger partial charge in [-0.15, -0.1) is 0 Å². The van der Waals surface area contributed by atoms with Crippen LogP contribution in [0.5, 0.6) is 0 Å². The molecule has 0 aromatic carbocycles. The number of allylic oxidation sites excluding steroid dienone is 34. The van der Waals surface area contributed by atoms with Gasteiger partial charge < -0.3 is 27.9 Å². The lowest BCUT2D eigenvalue weighted by atomic mass is 10.0. The van der Waals surface area contributed by atoms with E-state index in [-0.39, 0.29) is 26.1 Å². The summed E-state index contributed by atoms with van der Waals surface area (Å²) in [5.41, 5.74) is 0. The monoisotopic (exact) mass is 1400 g/mol. The molecule has 0 radical (unpaired) electrons. The number of esters is 2. The van der Waals surface area contributed by atoms with Crippen LogP contribution >= 0.6 is 7.82 Å². The van der Waals surface area contributed by atoms with E-state index in [9.17, 15) is 19.0 Å². The number of hydrogen-bond donors (Lipinski definition) is 0. The van der Waals surface area contributed by atoms with Gasteiger partial charge in [0.1, 0.15) is 19.8 Å². The Hall–Kier alpha value is -5.41. The molecule has 100 heavy (non-hydrogen) atoms. The highest BCUT2D eigenvalue weighted by atomic mass is 31.2. The molecule has 9 nitrogen and oxygen atoms in total. The number of unbranched alkanes of at least 4 members (excludes halogenated alkanes) is 23. The van der Waals surface area contributed by atoms with Crippen LogP contribution in [0.3, 0.4) is 0 Å². The largest absolute Gasteiger partial charge is 0.756 e. The third kappa shape index (κ3) is 81.6. The maximum Gasteiger partial charge on any atom is 0.306 e. The van der Waals surface area contributed by atoms with Gasteiger partial charge in [0, 0.05) is 12.8 Å². The SMILES string of the molecule is CC/C=C\C/C=C\C/C=C\C/C=C\C/C=C\C/C=C\C/C=C\C/C=C\C/C=C\CCCCCCCCCCCCCC(=O)OC(COC(=O)CCCCCCCCCCCCCC/C=C\C/C=C\C/C=C\C/C=C\C/C=C\C/C=C\C/C=C\C/C=C\CC)COP(=O)([O-])OCC[N+](C)(C)C. The third-order valence-electron chi connectivity index (χ3n) is 16.3. The Kier molecular flexibility index (Phi) is 73.5. The standard InChI is InChI=1S/C90H146NO8P/c1-6-8-10-12-14-16-18-20-22-24-26-28-30-32-34-36-38-40-42-44-45-47-49-51-53-55-57-59-61-63-65-67-69-71-73-75-77-79-81-83-90(93)99-88(87-98-100(94,95)97-85-84-91(3,4)5)86-96-89(92)82-80-78-76-74-72-70-68-66-64-62-60-58-56-54-52-50-48-46-43-41-39-37-35-33-31-29-27-25-23-21-19-17-15-13-11-9-7-2/h8-11,14-17,20-23,26-29,32-35,38-41,44-46,48-49,51-52,54-55,57,88H,6-7,12-13,18-19,24-25,30-31,36-37,42-43,47,50,53,56,58-87H2,1-5H3/b10-8-,11-9-,16-14-,17-15-,22-20-,23-21-,28-26-,29-27-,34-32-,35-33-,40-38-,41-39-,45-44-,48-46-,51-49-,54-52-,57-55-. The summed E-state index contributed by atoms with van der Waals surface area (Å²) in [6.07, 6.45) is 122. The van der Waals surface area contributed by atoms with E-state index < -0.39 is 32.5 Å². The zero-order chi connectivity index (χ0) is 72.5. The predicted octanol–water partition coefficient (Wildman–Crippen LogP) is 26.3. The van der Waals surface area contributed by atoms with Gasteiger partial charge in [0.15, 0.2) is 6.10 Å². The summed E-state index contributed by atoms with van der Waals surface area (Å²) in [5, 5.41) is 0. The van der Waals surface area contributed by atoms with E-state index >= 15 is 0 Å². The second kappa shape index (κ2) is 77.7. The summed E-state index contributed by atoms with van der Waals surface area (Å²) in [4.78, 5) is 38.2. The molecule has 0 aliphatic heterocycles. The van der Waals surface area contributed by atoms with Crippen molar-refractivity contribution in [1.29, 1.82) is 0 Å². The topological polar surface area (TPSA) is 111 Å². The first-order chi connectivity index (χ1) is 49.0. The second-order valence-electron chi connectivity index (χ2n) is 27.0. The highest BCUT2D eigenvalue weighted by molar-refractivity contribution is 7.45. The molecule has 0 fully saturated rings. The van der Waals surface area contributed by atoms with Gasteiger partial charge in [-0.1, -0.05) is 342 Å². The molecule has 10 heteroatoms. The minimum absolute atomic E-state index is 0.0408. The molecule has 2 unspecified atom stereocenters. The Morgan fingerprint density at radius 2 is 0.540 bits per heavy atom. The van der Waals surface area contributed by atoms with Gasteiger partial charge in [0.25, 0.3) is 7.82 Å².